The first-order chi connectivity index (χ1) is 13.7. The number of aryl methyl sites for hydroxylation is 1. The molecule has 0 bridgehead atoms. The standard InChI is InChI=1S/C25H27NO2/c1-18-12-13-21-22(25(18)28-17-20-10-6-3-7-11-20)14-15-23(24(21)27)26-16-19-8-4-2-5-9-19/h2-13,23-24,26-27H,14-17H2,1H3/t23-,24-/m0/s1. The maximum Gasteiger partial charge on any atom is 0.126 e. The van der Waals surface area contributed by atoms with Gasteiger partial charge in [0.15, 0.2) is 0 Å². The van der Waals surface area contributed by atoms with Crippen molar-refractivity contribution in [3.63, 3.8) is 0 Å². The molecule has 3 heteroatoms. The summed E-state index contributed by atoms with van der Waals surface area (Å²) in [6.45, 7) is 3.39. The lowest BCUT2D eigenvalue weighted by atomic mass is 9.84. The number of hydrogen-bond acceptors (Lipinski definition) is 3. The Morgan fingerprint density at radius 3 is 2.32 bits per heavy atom. The number of hydrogen-bond donors (Lipinski definition) is 2. The molecule has 0 heterocycles. The van der Waals surface area contributed by atoms with Gasteiger partial charge in [0.25, 0.3) is 0 Å². The highest BCUT2D eigenvalue weighted by atomic mass is 16.5. The Morgan fingerprint density at radius 2 is 1.61 bits per heavy atom. The minimum Gasteiger partial charge on any atom is -0.488 e. The second-order valence-corrected chi connectivity index (χ2v) is 7.51. The largest absolute Gasteiger partial charge is 0.488 e. The van der Waals surface area contributed by atoms with E-state index in [0.717, 1.165) is 47.4 Å². The van der Waals surface area contributed by atoms with Crippen LogP contribution in [0.4, 0.5) is 0 Å². The minimum atomic E-state index is -0.521. The maximum absolute atomic E-state index is 11.0. The molecule has 1 aliphatic carbocycles. The van der Waals surface area contributed by atoms with Crippen molar-refractivity contribution in [3.8, 4) is 5.75 Å². The Hall–Kier alpha value is -2.62. The van der Waals surface area contributed by atoms with Gasteiger partial charge in [-0.1, -0.05) is 72.8 Å². The third kappa shape index (κ3) is 4.11. The van der Waals surface area contributed by atoms with E-state index in [1.807, 2.05) is 36.4 Å². The molecule has 3 aromatic carbocycles. The summed E-state index contributed by atoms with van der Waals surface area (Å²) in [6, 6.07) is 24.7. The highest BCUT2D eigenvalue weighted by Gasteiger charge is 2.30. The molecule has 4 rings (SSSR count). The molecule has 144 valence electrons. The van der Waals surface area contributed by atoms with Crippen LogP contribution in [0.3, 0.4) is 0 Å². The molecule has 0 aromatic heterocycles. The minimum absolute atomic E-state index is 0.0531. The summed E-state index contributed by atoms with van der Waals surface area (Å²) >= 11 is 0. The van der Waals surface area contributed by atoms with E-state index in [-0.39, 0.29) is 6.04 Å². The fourth-order valence-electron chi connectivity index (χ4n) is 3.96. The lowest BCUT2D eigenvalue weighted by Gasteiger charge is -2.32. The van der Waals surface area contributed by atoms with Crippen molar-refractivity contribution in [2.75, 3.05) is 0 Å². The second kappa shape index (κ2) is 8.59. The summed E-state index contributed by atoms with van der Waals surface area (Å²) in [5.74, 6) is 0.932. The van der Waals surface area contributed by atoms with Crippen LogP contribution in [0.1, 0.15) is 40.3 Å². The molecule has 0 radical (unpaired) electrons. The Bertz CT molecular complexity index is 909. The third-order valence-corrected chi connectivity index (χ3v) is 5.54. The van der Waals surface area contributed by atoms with Crippen molar-refractivity contribution in [3.05, 3.63) is 101 Å². The van der Waals surface area contributed by atoms with Gasteiger partial charge in [0, 0.05) is 18.2 Å². The van der Waals surface area contributed by atoms with E-state index in [9.17, 15) is 5.11 Å². The predicted octanol–water partition coefficient (Wildman–Crippen LogP) is 4.71. The predicted molar refractivity (Wildman–Crippen MR) is 112 cm³/mol. The van der Waals surface area contributed by atoms with Crippen LogP contribution in [0.25, 0.3) is 0 Å². The van der Waals surface area contributed by atoms with Gasteiger partial charge in [-0.15, -0.1) is 0 Å². The van der Waals surface area contributed by atoms with Crippen LogP contribution in [-0.2, 0) is 19.6 Å². The average molecular weight is 373 g/mol. The molecule has 3 nitrogen and oxygen atoms in total. The quantitative estimate of drug-likeness (QED) is 0.657. The molecule has 2 atom stereocenters. The van der Waals surface area contributed by atoms with E-state index in [1.54, 1.807) is 0 Å². The van der Waals surface area contributed by atoms with E-state index in [0.29, 0.717) is 6.61 Å². The normalized spacial score (nSPS) is 18.5. The van der Waals surface area contributed by atoms with Crippen LogP contribution in [0.5, 0.6) is 5.75 Å². The number of nitrogens with one attached hydrogen (secondary N) is 1. The summed E-state index contributed by atoms with van der Waals surface area (Å²) in [7, 11) is 0. The molecule has 0 aliphatic heterocycles. The van der Waals surface area contributed by atoms with Gasteiger partial charge in [-0.05, 0) is 42.0 Å². The maximum atomic E-state index is 11.0. The van der Waals surface area contributed by atoms with Gasteiger partial charge in [0.1, 0.15) is 12.4 Å². The molecular formula is C25H27NO2. The van der Waals surface area contributed by atoms with Crippen molar-refractivity contribution in [1.82, 2.24) is 5.32 Å². The number of aliphatic hydroxyl groups excluding tert-OH is 1. The zero-order chi connectivity index (χ0) is 19.3. The van der Waals surface area contributed by atoms with E-state index in [2.05, 4.69) is 48.6 Å². The molecular weight excluding hydrogens is 346 g/mol. The van der Waals surface area contributed by atoms with E-state index in [1.165, 1.54) is 5.56 Å². The van der Waals surface area contributed by atoms with Crippen LogP contribution in [0.15, 0.2) is 72.8 Å². The molecule has 1 aliphatic rings. The number of fused-ring (bicyclic) bond motifs is 1. The first-order valence-electron chi connectivity index (χ1n) is 9.97. The first-order valence-corrected chi connectivity index (χ1v) is 9.97. The highest BCUT2D eigenvalue weighted by Crippen LogP contribution is 2.38. The average Bonchev–Trinajstić information content (AvgIpc) is 2.74. The molecule has 0 amide bonds. The summed E-state index contributed by atoms with van der Waals surface area (Å²) in [5, 5.41) is 14.5. The van der Waals surface area contributed by atoms with E-state index >= 15 is 0 Å². The van der Waals surface area contributed by atoms with Gasteiger partial charge >= 0.3 is 0 Å². The van der Waals surface area contributed by atoms with Gasteiger partial charge in [-0.3, -0.25) is 0 Å². The van der Waals surface area contributed by atoms with Gasteiger partial charge in [-0.25, -0.2) is 0 Å². The summed E-state index contributed by atoms with van der Waals surface area (Å²) in [4.78, 5) is 0. The van der Waals surface area contributed by atoms with Crippen LogP contribution in [0, 0.1) is 6.92 Å². The van der Waals surface area contributed by atoms with Crippen molar-refractivity contribution < 1.29 is 9.84 Å². The van der Waals surface area contributed by atoms with Crippen LogP contribution in [0.2, 0.25) is 0 Å². The first kappa shape index (κ1) is 18.7. The Kier molecular flexibility index (Phi) is 5.75. The Labute approximate surface area is 167 Å². The smallest absolute Gasteiger partial charge is 0.126 e. The molecule has 28 heavy (non-hydrogen) atoms. The molecule has 0 saturated heterocycles. The lowest BCUT2D eigenvalue weighted by Crippen LogP contribution is -2.38. The summed E-state index contributed by atoms with van der Waals surface area (Å²) in [6.07, 6.45) is 1.28. The topological polar surface area (TPSA) is 41.5 Å². The molecule has 0 fully saturated rings. The SMILES string of the molecule is Cc1ccc2c(c1OCc1ccccc1)CC[C@H](NCc1ccccc1)[C@H]2O. The zero-order valence-corrected chi connectivity index (χ0v) is 16.3. The summed E-state index contributed by atoms with van der Waals surface area (Å²) < 4.78 is 6.20. The number of benzene rings is 3. The molecule has 0 spiro atoms. The van der Waals surface area contributed by atoms with Crippen LogP contribution in [-0.4, -0.2) is 11.1 Å². The van der Waals surface area contributed by atoms with Gasteiger partial charge in [-0.2, -0.15) is 0 Å². The fourth-order valence-corrected chi connectivity index (χ4v) is 3.96. The van der Waals surface area contributed by atoms with Crippen LogP contribution >= 0.6 is 0 Å². The number of aliphatic hydroxyl groups is 1. The monoisotopic (exact) mass is 373 g/mol. The fraction of sp³-hybridized carbons (Fsp3) is 0.280. The van der Waals surface area contributed by atoms with Crippen molar-refractivity contribution in [2.45, 2.75) is 45.1 Å². The molecule has 2 N–H and O–H groups in total. The lowest BCUT2D eigenvalue weighted by molar-refractivity contribution is 0.113. The van der Waals surface area contributed by atoms with Gasteiger partial charge in [0.2, 0.25) is 0 Å². The van der Waals surface area contributed by atoms with E-state index in [4.69, 9.17) is 4.74 Å². The van der Waals surface area contributed by atoms with Crippen molar-refractivity contribution >= 4 is 0 Å². The molecule has 3 aromatic rings. The number of rotatable bonds is 6. The number of ether oxygens (including phenoxy) is 1. The second-order valence-electron chi connectivity index (χ2n) is 7.51. The van der Waals surface area contributed by atoms with Crippen molar-refractivity contribution in [1.29, 1.82) is 0 Å². The Morgan fingerprint density at radius 1 is 0.929 bits per heavy atom. The Balaban J connectivity index is 1.48. The van der Waals surface area contributed by atoms with Crippen LogP contribution < -0.4 is 10.1 Å². The molecule has 0 saturated carbocycles. The zero-order valence-electron chi connectivity index (χ0n) is 16.3. The highest BCUT2D eigenvalue weighted by molar-refractivity contribution is 5.48. The van der Waals surface area contributed by atoms with Gasteiger partial charge in [0.05, 0.1) is 6.10 Å². The van der Waals surface area contributed by atoms with Crippen molar-refractivity contribution in [2.24, 2.45) is 0 Å². The molecule has 0 unspecified atom stereocenters. The third-order valence-electron chi connectivity index (χ3n) is 5.54. The van der Waals surface area contributed by atoms with Gasteiger partial charge < -0.3 is 15.2 Å². The van der Waals surface area contributed by atoms with E-state index < -0.39 is 6.10 Å². The summed E-state index contributed by atoms with van der Waals surface area (Å²) in [5.41, 5.74) is 5.65.